The number of aromatic hydroxyl groups is 1. The first-order chi connectivity index (χ1) is 7.19. The molecule has 0 fully saturated rings. The molecule has 1 N–H and O–H groups in total. The van der Waals surface area contributed by atoms with Crippen molar-refractivity contribution in [3.8, 4) is 11.5 Å². The summed E-state index contributed by atoms with van der Waals surface area (Å²) in [5.74, 6) is 1.31. The first-order valence-corrected chi connectivity index (χ1v) is 6.04. The molecule has 0 aliphatic rings. The maximum absolute atomic E-state index is 9.67. The summed E-state index contributed by atoms with van der Waals surface area (Å²) in [5.41, 5.74) is 0.970. The van der Waals surface area contributed by atoms with Gasteiger partial charge in [0.05, 0.1) is 11.1 Å². The summed E-state index contributed by atoms with van der Waals surface area (Å²) in [5, 5.41) is 9.67. The van der Waals surface area contributed by atoms with Crippen molar-refractivity contribution in [2.75, 3.05) is 12.4 Å². The highest BCUT2D eigenvalue weighted by Gasteiger charge is 2.07. The molecule has 0 bridgehead atoms. The zero-order chi connectivity index (χ0) is 11.3. The Morgan fingerprint density at radius 1 is 1.53 bits per heavy atom. The first kappa shape index (κ1) is 12.5. The second kappa shape index (κ2) is 6.08. The molecule has 15 heavy (non-hydrogen) atoms. The van der Waals surface area contributed by atoms with Gasteiger partial charge in [0.2, 0.25) is 0 Å². The van der Waals surface area contributed by atoms with Gasteiger partial charge in [-0.25, -0.2) is 0 Å². The summed E-state index contributed by atoms with van der Waals surface area (Å²) in [6.07, 6.45) is 3.86. The highest BCUT2D eigenvalue weighted by molar-refractivity contribution is 9.10. The van der Waals surface area contributed by atoms with E-state index in [1.807, 2.05) is 25.1 Å². The van der Waals surface area contributed by atoms with E-state index in [-0.39, 0.29) is 5.75 Å². The molecule has 82 valence electrons. The van der Waals surface area contributed by atoms with Crippen LogP contribution in [-0.4, -0.2) is 17.5 Å². The number of phenols is 1. The van der Waals surface area contributed by atoms with Crippen molar-refractivity contribution in [2.24, 2.45) is 0 Å². The van der Waals surface area contributed by atoms with Crippen molar-refractivity contribution in [3.05, 3.63) is 28.2 Å². The molecule has 0 atom stereocenters. The van der Waals surface area contributed by atoms with Crippen LogP contribution in [0.15, 0.2) is 22.7 Å². The van der Waals surface area contributed by atoms with Crippen LogP contribution >= 0.6 is 28.6 Å². The predicted octanol–water partition coefficient (Wildman–Crippen LogP) is 3.50. The lowest BCUT2D eigenvalue weighted by Gasteiger charge is -2.08. The highest BCUT2D eigenvalue weighted by atomic mass is 79.9. The Morgan fingerprint density at radius 3 is 2.87 bits per heavy atom. The highest BCUT2D eigenvalue weighted by Crippen LogP contribution is 2.35. The van der Waals surface area contributed by atoms with Gasteiger partial charge in [0.15, 0.2) is 11.5 Å². The van der Waals surface area contributed by atoms with Gasteiger partial charge in [0, 0.05) is 5.75 Å². The average molecular weight is 289 g/mol. The number of hydrogen-bond acceptors (Lipinski definition) is 3. The van der Waals surface area contributed by atoms with E-state index in [4.69, 9.17) is 4.74 Å². The fourth-order valence-electron chi connectivity index (χ4n) is 1.14. The summed E-state index contributed by atoms with van der Waals surface area (Å²) in [7, 11) is 0. The van der Waals surface area contributed by atoms with Crippen LogP contribution in [0.4, 0.5) is 0 Å². The standard InChI is InChI=1S/C11H13BrO2S/c1-2-14-10-7-8(4-3-5-15)6-9(12)11(10)13/h3-4,6-7,13,15H,2,5H2,1H3. The Kier molecular flexibility index (Phi) is 5.05. The normalized spacial score (nSPS) is 10.9. The molecule has 0 aliphatic heterocycles. The van der Waals surface area contributed by atoms with Gasteiger partial charge in [0.1, 0.15) is 0 Å². The maximum Gasteiger partial charge on any atom is 0.172 e. The van der Waals surface area contributed by atoms with Crippen molar-refractivity contribution in [2.45, 2.75) is 6.92 Å². The van der Waals surface area contributed by atoms with E-state index in [1.165, 1.54) is 0 Å². The third-order valence-electron chi connectivity index (χ3n) is 1.77. The summed E-state index contributed by atoms with van der Waals surface area (Å²) < 4.78 is 5.94. The summed E-state index contributed by atoms with van der Waals surface area (Å²) in [6, 6.07) is 3.63. The maximum atomic E-state index is 9.67. The van der Waals surface area contributed by atoms with Crippen molar-refractivity contribution in [3.63, 3.8) is 0 Å². The lowest BCUT2D eigenvalue weighted by molar-refractivity contribution is 0.317. The molecule has 0 aliphatic carbocycles. The minimum Gasteiger partial charge on any atom is -0.503 e. The van der Waals surface area contributed by atoms with Crippen molar-refractivity contribution in [1.82, 2.24) is 0 Å². The molecular weight excluding hydrogens is 276 g/mol. The number of benzene rings is 1. The van der Waals surface area contributed by atoms with Crippen molar-refractivity contribution in [1.29, 1.82) is 0 Å². The van der Waals surface area contributed by atoms with E-state index >= 15 is 0 Å². The molecule has 0 aromatic heterocycles. The fraction of sp³-hybridized carbons (Fsp3) is 0.273. The second-order valence-electron chi connectivity index (χ2n) is 2.87. The molecule has 0 saturated carbocycles. The Hall–Kier alpha value is -0.610. The van der Waals surface area contributed by atoms with Crippen LogP contribution in [0, 0.1) is 0 Å². The smallest absolute Gasteiger partial charge is 0.172 e. The van der Waals surface area contributed by atoms with Gasteiger partial charge in [-0.1, -0.05) is 12.2 Å². The topological polar surface area (TPSA) is 29.5 Å². The lowest BCUT2D eigenvalue weighted by Crippen LogP contribution is -1.92. The first-order valence-electron chi connectivity index (χ1n) is 4.61. The molecule has 0 radical (unpaired) electrons. The van der Waals surface area contributed by atoms with E-state index in [0.717, 1.165) is 5.56 Å². The summed E-state index contributed by atoms with van der Waals surface area (Å²) in [4.78, 5) is 0. The van der Waals surface area contributed by atoms with Crippen molar-refractivity contribution < 1.29 is 9.84 Å². The number of rotatable bonds is 4. The molecule has 0 spiro atoms. The molecule has 4 heteroatoms. The average Bonchev–Trinajstić information content (AvgIpc) is 2.22. The van der Waals surface area contributed by atoms with Crippen LogP contribution in [0.3, 0.4) is 0 Å². The van der Waals surface area contributed by atoms with Gasteiger partial charge in [-0.3, -0.25) is 0 Å². The Balaban J connectivity index is 3.05. The number of hydrogen-bond donors (Lipinski definition) is 2. The number of halogens is 1. The monoisotopic (exact) mass is 288 g/mol. The molecule has 1 aromatic rings. The van der Waals surface area contributed by atoms with Crippen LogP contribution in [0.5, 0.6) is 11.5 Å². The van der Waals surface area contributed by atoms with Crippen LogP contribution in [-0.2, 0) is 0 Å². The molecule has 1 aromatic carbocycles. The molecule has 0 saturated heterocycles. The predicted molar refractivity (Wildman–Crippen MR) is 69.9 cm³/mol. The quantitative estimate of drug-likeness (QED) is 0.831. The zero-order valence-electron chi connectivity index (χ0n) is 8.40. The molecule has 0 heterocycles. The van der Waals surface area contributed by atoms with Crippen LogP contribution in [0.1, 0.15) is 12.5 Å². The van der Waals surface area contributed by atoms with Gasteiger partial charge in [-0.15, -0.1) is 0 Å². The SMILES string of the molecule is CCOc1cc(C=CCS)cc(Br)c1O. The fourth-order valence-corrected chi connectivity index (χ4v) is 1.71. The van der Waals surface area contributed by atoms with Crippen LogP contribution in [0.2, 0.25) is 0 Å². The zero-order valence-corrected chi connectivity index (χ0v) is 10.9. The van der Waals surface area contributed by atoms with E-state index < -0.39 is 0 Å². The third-order valence-corrected chi connectivity index (χ3v) is 2.58. The number of thiol groups is 1. The van der Waals surface area contributed by atoms with Crippen LogP contribution in [0.25, 0.3) is 6.08 Å². The van der Waals surface area contributed by atoms with E-state index in [0.29, 0.717) is 22.6 Å². The van der Waals surface area contributed by atoms with E-state index in [9.17, 15) is 5.11 Å². The van der Waals surface area contributed by atoms with Gasteiger partial charge in [-0.2, -0.15) is 12.6 Å². The Bertz CT molecular complexity index is 364. The molecule has 0 unspecified atom stereocenters. The Morgan fingerprint density at radius 2 is 2.27 bits per heavy atom. The van der Waals surface area contributed by atoms with Crippen LogP contribution < -0.4 is 4.74 Å². The van der Waals surface area contributed by atoms with Gasteiger partial charge < -0.3 is 9.84 Å². The summed E-state index contributed by atoms with van der Waals surface area (Å²) >= 11 is 7.36. The largest absolute Gasteiger partial charge is 0.503 e. The van der Waals surface area contributed by atoms with Gasteiger partial charge >= 0.3 is 0 Å². The molecule has 1 rings (SSSR count). The molecular formula is C11H13BrO2S. The number of phenolic OH excluding ortho intramolecular Hbond substituents is 1. The van der Waals surface area contributed by atoms with E-state index in [2.05, 4.69) is 28.6 Å². The molecule has 2 nitrogen and oxygen atoms in total. The van der Waals surface area contributed by atoms with E-state index in [1.54, 1.807) is 6.07 Å². The number of ether oxygens (including phenoxy) is 1. The second-order valence-corrected chi connectivity index (χ2v) is 4.09. The summed E-state index contributed by atoms with van der Waals surface area (Å²) in [6.45, 7) is 2.41. The molecule has 0 amide bonds. The van der Waals surface area contributed by atoms with Crippen molar-refractivity contribution >= 4 is 34.6 Å². The lowest BCUT2D eigenvalue weighted by atomic mass is 10.2. The minimum absolute atomic E-state index is 0.139. The third kappa shape index (κ3) is 3.47. The Labute approximate surface area is 103 Å². The van der Waals surface area contributed by atoms with Gasteiger partial charge in [-0.05, 0) is 40.5 Å². The minimum atomic E-state index is 0.139. The van der Waals surface area contributed by atoms with Gasteiger partial charge in [0.25, 0.3) is 0 Å².